The number of halogens is 2. The third kappa shape index (κ3) is 2.16. The molecule has 0 N–H and O–H groups in total. The lowest BCUT2D eigenvalue weighted by atomic mass is 9.96. The summed E-state index contributed by atoms with van der Waals surface area (Å²) in [5.41, 5.74) is 1.07. The van der Waals surface area contributed by atoms with Gasteiger partial charge >= 0.3 is 0 Å². The number of aryl methyl sites for hydroxylation is 2. The number of rotatable bonds is 2. The van der Waals surface area contributed by atoms with Crippen LogP contribution in [0.4, 0.5) is 8.78 Å². The highest BCUT2D eigenvalue weighted by Crippen LogP contribution is 2.20. The van der Waals surface area contributed by atoms with E-state index in [0.717, 1.165) is 5.56 Å². The second-order valence-corrected chi connectivity index (χ2v) is 4.25. The zero-order chi connectivity index (χ0) is 13.3. The largest absolute Gasteiger partial charge is 0.288 e. The summed E-state index contributed by atoms with van der Waals surface area (Å²) in [5.74, 6) is -1.87. The van der Waals surface area contributed by atoms with Gasteiger partial charge in [-0.15, -0.1) is 0 Å². The van der Waals surface area contributed by atoms with Crippen molar-refractivity contribution < 1.29 is 13.6 Å². The molecule has 0 aromatic heterocycles. The first-order chi connectivity index (χ1) is 8.50. The summed E-state index contributed by atoms with van der Waals surface area (Å²) < 4.78 is 27.4. The summed E-state index contributed by atoms with van der Waals surface area (Å²) in [6, 6.07) is 8.57. The quantitative estimate of drug-likeness (QED) is 0.736. The summed E-state index contributed by atoms with van der Waals surface area (Å²) in [5, 5.41) is 0. The van der Waals surface area contributed by atoms with Crippen LogP contribution in [-0.2, 0) is 0 Å². The van der Waals surface area contributed by atoms with E-state index >= 15 is 0 Å². The fourth-order valence-corrected chi connectivity index (χ4v) is 1.98. The lowest BCUT2D eigenvalue weighted by Gasteiger charge is -2.08. The van der Waals surface area contributed by atoms with Gasteiger partial charge in [0.15, 0.2) is 5.78 Å². The Bertz CT molecular complexity index is 595. The molecule has 0 amide bonds. The molecular weight excluding hydrogens is 234 g/mol. The van der Waals surface area contributed by atoms with Crippen molar-refractivity contribution in [2.24, 2.45) is 0 Å². The van der Waals surface area contributed by atoms with Crippen molar-refractivity contribution in [1.29, 1.82) is 0 Å². The fraction of sp³-hybridized carbons (Fsp3) is 0.133. The summed E-state index contributed by atoms with van der Waals surface area (Å²) in [6.45, 7) is 3.39. The molecule has 0 bridgehead atoms. The Morgan fingerprint density at radius 1 is 1.00 bits per heavy atom. The van der Waals surface area contributed by atoms with Crippen molar-refractivity contribution in [3.63, 3.8) is 0 Å². The van der Waals surface area contributed by atoms with Gasteiger partial charge in [-0.1, -0.05) is 18.2 Å². The SMILES string of the molecule is Cc1cc(C)c(C(=O)c2ccccc2F)c(F)c1. The molecule has 0 aliphatic heterocycles. The first-order valence-electron chi connectivity index (χ1n) is 5.56. The maximum absolute atomic E-state index is 13.8. The van der Waals surface area contributed by atoms with Gasteiger partial charge in [-0.05, 0) is 43.2 Å². The van der Waals surface area contributed by atoms with E-state index in [1.54, 1.807) is 26.0 Å². The van der Waals surface area contributed by atoms with Crippen LogP contribution in [0.1, 0.15) is 27.0 Å². The van der Waals surface area contributed by atoms with Gasteiger partial charge in [0.05, 0.1) is 11.1 Å². The average molecular weight is 246 g/mol. The maximum Gasteiger partial charge on any atom is 0.199 e. The van der Waals surface area contributed by atoms with E-state index in [0.29, 0.717) is 5.56 Å². The van der Waals surface area contributed by atoms with Gasteiger partial charge in [-0.3, -0.25) is 4.79 Å². The van der Waals surface area contributed by atoms with E-state index in [9.17, 15) is 13.6 Å². The van der Waals surface area contributed by atoms with Crippen LogP contribution in [0, 0.1) is 25.5 Å². The molecule has 0 atom stereocenters. The molecular formula is C15H12F2O. The van der Waals surface area contributed by atoms with E-state index in [4.69, 9.17) is 0 Å². The second-order valence-electron chi connectivity index (χ2n) is 4.25. The minimum atomic E-state index is -0.637. The number of carbonyl (C=O) groups excluding carboxylic acids is 1. The second kappa shape index (κ2) is 4.69. The number of benzene rings is 2. The Hall–Kier alpha value is -2.03. The average Bonchev–Trinajstić information content (AvgIpc) is 2.27. The molecule has 2 aromatic carbocycles. The van der Waals surface area contributed by atoms with Crippen LogP contribution < -0.4 is 0 Å². The van der Waals surface area contributed by atoms with Gasteiger partial charge in [-0.2, -0.15) is 0 Å². The van der Waals surface area contributed by atoms with E-state index in [1.165, 1.54) is 24.3 Å². The van der Waals surface area contributed by atoms with Crippen molar-refractivity contribution in [2.75, 3.05) is 0 Å². The normalized spacial score (nSPS) is 10.4. The van der Waals surface area contributed by atoms with Crippen molar-refractivity contribution in [2.45, 2.75) is 13.8 Å². The molecule has 0 aliphatic carbocycles. The standard InChI is InChI=1S/C15H12F2O/c1-9-7-10(2)14(13(17)8-9)15(18)11-5-3-4-6-12(11)16/h3-8H,1-2H3. The zero-order valence-corrected chi connectivity index (χ0v) is 10.1. The molecule has 92 valence electrons. The number of hydrogen-bond donors (Lipinski definition) is 0. The van der Waals surface area contributed by atoms with Gasteiger partial charge < -0.3 is 0 Å². The van der Waals surface area contributed by atoms with Gasteiger partial charge in [0.1, 0.15) is 11.6 Å². The highest BCUT2D eigenvalue weighted by molar-refractivity contribution is 6.10. The lowest BCUT2D eigenvalue weighted by Crippen LogP contribution is -2.09. The van der Waals surface area contributed by atoms with E-state index in [2.05, 4.69) is 0 Å². The Morgan fingerprint density at radius 3 is 2.28 bits per heavy atom. The molecule has 0 heterocycles. The van der Waals surface area contributed by atoms with Gasteiger partial charge in [0.25, 0.3) is 0 Å². The Balaban J connectivity index is 2.57. The molecule has 0 radical (unpaired) electrons. The predicted octanol–water partition coefficient (Wildman–Crippen LogP) is 3.81. The minimum absolute atomic E-state index is 0.0642. The lowest BCUT2D eigenvalue weighted by molar-refractivity contribution is 0.103. The Morgan fingerprint density at radius 2 is 1.67 bits per heavy atom. The first kappa shape index (κ1) is 12.4. The van der Waals surface area contributed by atoms with Gasteiger partial charge in [-0.25, -0.2) is 8.78 Å². The number of ketones is 1. The molecule has 0 aliphatic rings. The van der Waals surface area contributed by atoms with Crippen LogP contribution in [0.2, 0.25) is 0 Å². The molecule has 18 heavy (non-hydrogen) atoms. The molecule has 3 heteroatoms. The molecule has 0 saturated carbocycles. The maximum atomic E-state index is 13.8. The highest BCUT2D eigenvalue weighted by Gasteiger charge is 2.19. The van der Waals surface area contributed by atoms with E-state index in [1.807, 2.05) is 0 Å². The van der Waals surface area contributed by atoms with Crippen LogP contribution in [0.5, 0.6) is 0 Å². The Kier molecular flexibility index (Phi) is 3.24. The van der Waals surface area contributed by atoms with Crippen molar-refractivity contribution in [3.8, 4) is 0 Å². The number of hydrogen-bond acceptors (Lipinski definition) is 1. The van der Waals surface area contributed by atoms with Crippen molar-refractivity contribution in [1.82, 2.24) is 0 Å². The van der Waals surface area contributed by atoms with E-state index in [-0.39, 0.29) is 11.1 Å². The molecule has 2 aromatic rings. The number of carbonyl (C=O) groups is 1. The topological polar surface area (TPSA) is 17.1 Å². The van der Waals surface area contributed by atoms with Gasteiger partial charge in [0, 0.05) is 0 Å². The summed E-state index contributed by atoms with van der Waals surface area (Å²) >= 11 is 0. The molecule has 0 fully saturated rings. The molecule has 1 nitrogen and oxygen atoms in total. The van der Waals surface area contributed by atoms with Crippen molar-refractivity contribution >= 4 is 5.78 Å². The predicted molar refractivity (Wildman–Crippen MR) is 65.7 cm³/mol. The monoisotopic (exact) mass is 246 g/mol. The minimum Gasteiger partial charge on any atom is -0.288 e. The van der Waals surface area contributed by atoms with Crippen LogP contribution >= 0.6 is 0 Å². The third-order valence-corrected chi connectivity index (χ3v) is 2.78. The first-order valence-corrected chi connectivity index (χ1v) is 5.56. The Labute approximate surface area is 104 Å². The van der Waals surface area contributed by atoms with Crippen LogP contribution in [0.25, 0.3) is 0 Å². The summed E-state index contributed by atoms with van der Waals surface area (Å²) in [4.78, 5) is 12.1. The van der Waals surface area contributed by atoms with Crippen LogP contribution in [0.15, 0.2) is 36.4 Å². The highest BCUT2D eigenvalue weighted by atomic mass is 19.1. The molecule has 0 unspecified atom stereocenters. The summed E-state index contributed by atoms with van der Waals surface area (Å²) in [6.07, 6.45) is 0. The molecule has 0 spiro atoms. The zero-order valence-electron chi connectivity index (χ0n) is 10.1. The summed E-state index contributed by atoms with van der Waals surface area (Å²) in [7, 11) is 0. The smallest absolute Gasteiger partial charge is 0.199 e. The van der Waals surface area contributed by atoms with Crippen LogP contribution in [-0.4, -0.2) is 5.78 Å². The van der Waals surface area contributed by atoms with E-state index < -0.39 is 17.4 Å². The van der Waals surface area contributed by atoms with Crippen molar-refractivity contribution in [3.05, 3.63) is 70.3 Å². The molecule has 0 saturated heterocycles. The van der Waals surface area contributed by atoms with Crippen LogP contribution in [0.3, 0.4) is 0 Å². The fourth-order valence-electron chi connectivity index (χ4n) is 1.98. The van der Waals surface area contributed by atoms with Gasteiger partial charge in [0.2, 0.25) is 0 Å². The molecule has 2 rings (SSSR count). The third-order valence-electron chi connectivity index (χ3n) is 2.78.